The molecule has 0 heterocycles. The van der Waals surface area contributed by atoms with Crippen LogP contribution in [0.2, 0.25) is 0 Å². The van der Waals surface area contributed by atoms with Crippen LogP contribution in [0.5, 0.6) is 0 Å². The van der Waals surface area contributed by atoms with E-state index in [9.17, 15) is 0 Å². The summed E-state index contributed by atoms with van der Waals surface area (Å²) in [6.07, 6.45) is 1.80. The molecule has 2 nitrogen and oxygen atoms in total. The number of hydrogen-bond acceptors (Lipinski definition) is 2. The topological polar surface area (TPSA) is 21.6 Å². The second-order valence-electron chi connectivity index (χ2n) is 1.34. The molecule has 0 aliphatic carbocycles. The van der Waals surface area contributed by atoms with Crippen LogP contribution >= 0.6 is 0 Å². The van der Waals surface area contributed by atoms with Crippen LogP contribution in [-0.2, 0) is 4.74 Å². The Morgan fingerprint density at radius 2 is 2.25 bits per heavy atom. The van der Waals surface area contributed by atoms with Gasteiger partial charge in [-0.15, -0.1) is 0 Å². The zero-order valence-corrected chi connectivity index (χ0v) is 5.55. The van der Waals surface area contributed by atoms with Gasteiger partial charge in [-0.1, -0.05) is 0 Å². The van der Waals surface area contributed by atoms with Gasteiger partial charge in [-0.05, 0) is 13.8 Å². The summed E-state index contributed by atoms with van der Waals surface area (Å²) in [7, 11) is 0. The fourth-order valence-corrected chi connectivity index (χ4v) is 0.352. The minimum absolute atomic E-state index is 0.657. The second kappa shape index (κ2) is 6.63. The van der Waals surface area contributed by atoms with Crippen LogP contribution in [0.15, 0.2) is 4.99 Å². The highest BCUT2D eigenvalue weighted by molar-refractivity contribution is 5.58. The maximum atomic E-state index is 4.99. The standard InChI is InChI=1S/C6H13NO/c1-3-7-5-6-8-4-2/h5H,3-4,6H2,1-2H3/b7-5+. The van der Waals surface area contributed by atoms with Crippen LogP contribution in [0.1, 0.15) is 13.8 Å². The van der Waals surface area contributed by atoms with Crippen molar-refractivity contribution in [1.29, 1.82) is 0 Å². The highest BCUT2D eigenvalue weighted by Crippen LogP contribution is 1.68. The van der Waals surface area contributed by atoms with Gasteiger partial charge in [0.25, 0.3) is 0 Å². The SMILES string of the molecule is CC/N=C/COCC. The van der Waals surface area contributed by atoms with Gasteiger partial charge in [-0.25, -0.2) is 0 Å². The lowest BCUT2D eigenvalue weighted by Gasteiger charge is -1.90. The molecule has 48 valence electrons. The Morgan fingerprint density at radius 1 is 1.50 bits per heavy atom. The lowest BCUT2D eigenvalue weighted by Crippen LogP contribution is -1.93. The number of nitrogens with zero attached hydrogens (tertiary/aromatic N) is 1. The molecule has 8 heavy (non-hydrogen) atoms. The van der Waals surface area contributed by atoms with Crippen molar-refractivity contribution in [3.05, 3.63) is 0 Å². The molecular formula is C6H13NO. The Hall–Kier alpha value is -0.370. The Labute approximate surface area is 50.6 Å². The molecule has 0 aromatic carbocycles. The van der Waals surface area contributed by atoms with Crippen LogP contribution in [-0.4, -0.2) is 26.0 Å². The quantitative estimate of drug-likeness (QED) is 0.397. The summed E-state index contributed by atoms with van der Waals surface area (Å²) in [5, 5.41) is 0. The van der Waals surface area contributed by atoms with Crippen molar-refractivity contribution >= 4 is 6.21 Å². The van der Waals surface area contributed by atoms with Crippen molar-refractivity contribution < 1.29 is 4.74 Å². The van der Waals surface area contributed by atoms with E-state index < -0.39 is 0 Å². The lowest BCUT2D eigenvalue weighted by atomic mass is 10.7. The summed E-state index contributed by atoms with van der Waals surface area (Å²) in [5.41, 5.74) is 0. The zero-order valence-electron chi connectivity index (χ0n) is 5.55. The summed E-state index contributed by atoms with van der Waals surface area (Å²) < 4.78 is 4.99. The molecule has 0 aliphatic heterocycles. The summed E-state index contributed by atoms with van der Waals surface area (Å²) >= 11 is 0. The van der Waals surface area contributed by atoms with Crippen LogP contribution in [0.4, 0.5) is 0 Å². The van der Waals surface area contributed by atoms with E-state index in [0.717, 1.165) is 13.2 Å². The minimum Gasteiger partial charge on any atom is -0.376 e. The average molecular weight is 115 g/mol. The second-order valence-corrected chi connectivity index (χ2v) is 1.34. The molecule has 0 atom stereocenters. The first-order chi connectivity index (χ1) is 3.91. The van der Waals surface area contributed by atoms with Gasteiger partial charge in [0.2, 0.25) is 0 Å². The molecule has 0 rings (SSSR count). The van der Waals surface area contributed by atoms with E-state index in [0.29, 0.717) is 6.61 Å². The molecule has 0 aliphatic rings. The third-order valence-electron chi connectivity index (χ3n) is 0.708. The average Bonchev–Trinajstić information content (AvgIpc) is 1.81. The predicted molar refractivity (Wildman–Crippen MR) is 35.5 cm³/mol. The van der Waals surface area contributed by atoms with Crippen molar-refractivity contribution in [3.8, 4) is 0 Å². The van der Waals surface area contributed by atoms with E-state index in [1.807, 2.05) is 13.8 Å². The van der Waals surface area contributed by atoms with Gasteiger partial charge in [-0.3, -0.25) is 4.99 Å². The molecule has 0 fully saturated rings. The molecule has 0 amide bonds. The first kappa shape index (κ1) is 7.63. The number of rotatable bonds is 4. The smallest absolute Gasteiger partial charge is 0.0814 e. The summed E-state index contributed by atoms with van der Waals surface area (Å²) in [6, 6.07) is 0. The van der Waals surface area contributed by atoms with E-state index in [1.165, 1.54) is 0 Å². The van der Waals surface area contributed by atoms with Crippen LogP contribution in [0.25, 0.3) is 0 Å². The van der Waals surface area contributed by atoms with E-state index in [1.54, 1.807) is 6.21 Å². The van der Waals surface area contributed by atoms with Gasteiger partial charge in [0, 0.05) is 19.4 Å². The highest BCUT2D eigenvalue weighted by atomic mass is 16.5. The van der Waals surface area contributed by atoms with Crippen molar-refractivity contribution in [2.75, 3.05) is 19.8 Å². The molecule has 0 bridgehead atoms. The third kappa shape index (κ3) is 5.63. The van der Waals surface area contributed by atoms with Gasteiger partial charge < -0.3 is 4.74 Å². The first-order valence-electron chi connectivity index (χ1n) is 2.97. The first-order valence-corrected chi connectivity index (χ1v) is 2.97. The number of ether oxygens (including phenoxy) is 1. The summed E-state index contributed by atoms with van der Waals surface area (Å²) in [4.78, 5) is 3.96. The molecule has 0 N–H and O–H groups in total. The van der Waals surface area contributed by atoms with Crippen molar-refractivity contribution in [3.63, 3.8) is 0 Å². The molecular weight excluding hydrogens is 102 g/mol. The van der Waals surface area contributed by atoms with Crippen molar-refractivity contribution in [1.82, 2.24) is 0 Å². The van der Waals surface area contributed by atoms with Gasteiger partial charge >= 0.3 is 0 Å². The number of hydrogen-bond donors (Lipinski definition) is 0. The maximum Gasteiger partial charge on any atom is 0.0814 e. The molecule has 0 spiro atoms. The van der Waals surface area contributed by atoms with Crippen molar-refractivity contribution in [2.45, 2.75) is 13.8 Å². The largest absolute Gasteiger partial charge is 0.376 e. The Morgan fingerprint density at radius 3 is 2.75 bits per heavy atom. The maximum absolute atomic E-state index is 4.99. The Balaban J connectivity index is 2.80. The monoisotopic (exact) mass is 115 g/mol. The van der Waals surface area contributed by atoms with Crippen molar-refractivity contribution in [2.24, 2.45) is 4.99 Å². The van der Waals surface area contributed by atoms with E-state index in [2.05, 4.69) is 4.99 Å². The van der Waals surface area contributed by atoms with Gasteiger partial charge in [0.05, 0.1) is 6.61 Å². The van der Waals surface area contributed by atoms with Crippen LogP contribution < -0.4 is 0 Å². The molecule has 0 saturated carbocycles. The fourth-order valence-electron chi connectivity index (χ4n) is 0.352. The van der Waals surface area contributed by atoms with Gasteiger partial charge in [0.1, 0.15) is 0 Å². The molecule has 0 radical (unpaired) electrons. The predicted octanol–water partition coefficient (Wildman–Crippen LogP) is 1.11. The van der Waals surface area contributed by atoms with Gasteiger partial charge in [0.15, 0.2) is 0 Å². The lowest BCUT2D eigenvalue weighted by molar-refractivity contribution is 0.190. The molecule has 0 aromatic heterocycles. The minimum atomic E-state index is 0.657. The molecule has 0 aromatic rings. The van der Waals surface area contributed by atoms with E-state index >= 15 is 0 Å². The van der Waals surface area contributed by atoms with Crippen LogP contribution in [0, 0.1) is 0 Å². The molecule has 0 unspecified atom stereocenters. The van der Waals surface area contributed by atoms with Crippen LogP contribution in [0.3, 0.4) is 0 Å². The fraction of sp³-hybridized carbons (Fsp3) is 0.833. The Kier molecular flexibility index (Phi) is 6.32. The van der Waals surface area contributed by atoms with Gasteiger partial charge in [-0.2, -0.15) is 0 Å². The third-order valence-corrected chi connectivity index (χ3v) is 0.708. The summed E-state index contributed by atoms with van der Waals surface area (Å²) in [5.74, 6) is 0. The normalized spacial score (nSPS) is 10.8. The molecule has 2 heteroatoms. The molecule has 0 saturated heterocycles. The van der Waals surface area contributed by atoms with E-state index in [-0.39, 0.29) is 0 Å². The zero-order chi connectivity index (χ0) is 6.24. The summed E-state index contributed by atoms with van der Waals surface area (Å²) in [6.45, 7) is 6.26. The van der Waals surface area contributed by atoms with E-state index in [4.69, 9.17) is 4.74 Å². The highest BCUT2D eigenvalue weighted by Gasteiger charge is 1.72. The Bertz CT molecular complexity index is 61.5. The number of aliphatic imine (C=N–C) groups is 1.